The molecule has 2 N–H and O–H groups in total. The van der Waals surface area contributed by atoms with Gasteiger partial charge in [-0.15, -0.1) is 0 Å². The standard InChI is InChI=1S/C14H22N4O2/c1-13(2)12(14(13,3)4)17-10(19)9-16-11(20-18-9)8-6-5-7-15-8/h8,12,15H,5-7H2,1-4H3,(H,17,19). The van der Waals surface area contributed by atoms with E-state index in [1.165, 1.54) is 0 Å². The molecule has 1 aliphatic heterocycles. The molecule has 3 rings (SSSR count). The third-order valence-electron chi connectivity index (χ3n) is 5.30. The van der Waals surface area contributed by atoms with Gasteiger partial charge in [-0.25, -0.2) is 0 Å². The molecule has 2 fully saturated rings. The SMILES string of the molecule is CC1(C)C(NC(=O)c2noc(C3CCCN3)n2)C1(C)C. The van der Waals surface area contributed by atoms with Gasteiger partial charge in [0.1, 0.15) is 0 Å². The van der Waals surface area contributed by atoms with E-state index >= 15 is 0 Å². The molecule has 1 amide bonds. The Bertz CT molecular complexity index is 515. The molecule has 1 atom stereocenters. The summed E-state index contributed by atoms with van der Waals surface area (Å²) >= 11 is 0. The highest BCUT2D eigenvalue weighted by Gasteiger charge is 2.65. The molecule has 0 aromatic carbocycles. The summed E-state index contributed by atoms with van der Waals surface area (Å²) in [6.45, 7) is 9.58. The van der Waals surface area contributed by atoms with Crippen LogP contribution in [-0.2, 0) is 0 Å². The smallest absolute Gasteiger partial charge is 0.292 e. The predicted molar refractivity (Wildman–Crippen MR) is 73.1 cm³/mol. The molecule has 2 heterocycles. The highest BCUT2D eigenvalue weighted by molar-refractivity contribution is 5.90. The van der Waals surface area contributed by atoms with Crippen LogP contribution in [0, 0.1) is 10.8 Å². The second-order valence-corrected chi connectivity index (χ2v) is 6.96. The molecule has 1 unspecified atom stereocenters. The summed E-state index contributed by atoms with van der Waals surface area (Å²) in [5.74, 6) is 0.399. The van der Waals surface area contributed by atoms with Gasteiger partial charge in [-0.1, -0.05) is 32.9 Å². The highest BCUT2D eigenvalue weighted by Crippen LogP contribution is 2.62. The van der Waals surface area contributed by atoms with Crippen molar-refractivity contribution in [2.24, 2.45) is 10.8 Å². The lowest BCUT2D eigenvalue weighted by Gasteiger charge is -2.03. The molecule has 1 aliphatic carbocycles. The zero-order valence-corrected chi connectivity index (χ0v) is 12.5. The number of nitrogens with zero attached hydrogens (tertiary/aromatic N) is 2. The maximum absolute atomic E-state index is 12.2. The topological polar surface area (TPSA) is 80.0 Å². The fourth-order valence-corrected chi connectivity index (χ4v) is 3.12. The molecular formula is C14H22N4O2. The molecule has 0 spiro atoms. The number of carbonyl (C=O) groups excluding carboxylic acids is 1. The van der Waals surface area contributed by atoms with Crippen molar-refractivity contribution in [2.75, 3.05) is 6.54 Å². The van der Waals surface area contributed by atoms with Crippen LogP contribution in [0.1, 0.15) is 63.1 Å². The Morgan fingerprint density at radius 3 is 2.60 bits per heavy atom. The van der Waals surface area contributed by atoms with Gasteiger partial charge in [-0.05, 0) is 30.2 Å². The van der Waals surface area contributed by atoms with E-state index in [4.69, 9.17) is 4.52 Å². The Morgan fingerprint density at radius 2 is 2.05 bits per heavy atom. The van der Waals surface area contributed by atoms with Gasteiger partial charge in [-0.2, -0.15) is 4.98 Å². The molecule has 110 valence electrons. The van der Waals surface area contributed by atoms with Crippen molar-refractivity contribution in [2.45, 2.75) is 52.6 Å². The maximum Gasteiger partial charge on any atom is 0.292 e. The first-order valence-electron chi connectivity index (χ1n) is 7.22. The van der Waals surface area contributed by atoms with Gasteiger partial charge < -0.3 is 15.2 Å². The normalized spacial score (nSPS) is 27.5. The molecule has 1 saturated carbocycles. The first-order chi connectivity index (χ1) is 9.34. The van der Waals surface area contributed by atoms with Crippen LogP contribution in [0.5, 0.6) is 0 Å². The summed E-state index contributed by atoms with van der Waals surface area (Å²) in [5, 5.41) is 10.1. The molecule has 0 radical (unpaired) electrons. The van der Waals surface area contributed by atoms with Crippen LogP contribution in [0.4, 0.5) is 0 Å². The number of hydrogen-bond acceptors (Lipinski definition) is 5. The van der Waals surface area contributed by atoms with Gasteiger partial charge in [0, 0.05) is 6.04 Å². The van der Waals surface area contributed by atoms with E-state index in [1.807, 2.05) is 0 Å². The quantitative estimate of drug-likeness (QED) is 0.879. The summed E-state index contributed by atoms with van der Waals surface area (Å²) < 4.78 is 5.19. The first-order valence-corrected chi connectivity index (χ1v) is 7.22. The number of nitrogens with one attached hydrogen (secondary N) is 2. The Balaban J connectivity index is 1.66. The van der Waals surface area contributed by atoms with E-state index in [1.54, 1.807) is 0 Å². The molecule has 1 aromatic heterocycles. The van der Waals surface area contributed by atoms with Gasteiger partial charge >= 0.3 is 0 Å². The molecule has 1 aromatic rings. The molecule has 2 aliphatic rings. The van der Waals surface area contributed by atoms with E-state index in [2.05, 4.69) is 48.5 Å². The van der Waals surface area contributed by atoms with Crippen LogP contribution < -0.4 is 10.6 Å². The Morgan fingerprint density at radius 1 is 1.35 bits per heavy atom. The van der Waals surface area contributed by atoms with Crippen molar-refractivity contribution in [3.05, 3.63) is 11.7 Å². The van der Waals surface area contributed by atoms with Crippen molar-refractivity contribution >= 4 is 5.91 Å². The summed E-state index contributed by atoms with van der Waals surface area (Å²) in [5.41, 5.74) is 0.199. The third-order valence-corrected chi connectivity index (χ3v) is 5.30. The summed E-state index contributed by atoms with van der Waals surface area (Å²) in [4.78, 5) is 16.4. The Kier molecular flexibility index (Phi) is 2.90. The van der Waals surface area contributed by atoms with Crippen LogP contribution in [0.3, 0.4) is 0 Å². The van der Waals surface area contributed by atoms with Crippen LogP contribution in [0.2, 0.25) is 0 Å². The average molecular weight is 278 g/mol. The highest BCUT2D eigenvalue weighted by atomic mass is 16.5. The zero-order valence-electron chi connectivity index (χ0n) is 12.5. The van der Waals surface area contributed by atoms with Gasteiger partial charge in [0.2, 0.25) is 5.89 Å². The molecule has 6 heteroatoms. The van der Waals surface area contributed by atoms with Crippen molar-refractivity contribution < 1.29 is 9.32 Å². The number of carbonyl (C=O) groups is 1. The monoisotopic (exact) mass is 278 g/mol. The van der Waals surface area contributed by atoms with Crippen LogP contribution in [0.25, 0.3) is 0 Å². The van der Waals surface area contributed by atoms with Crippen LogP contribution in [-0.4, -0.2) is 28.6 Å². The van der Waals surface area contributed by atoms with Crippen molar-refractivity contribution in [1.29, 1.82) is 0 Å². The molecule has 1 saturated heterocycles. The zero-order chi connectivity index (χ0) is 14.5. The second kappa shape index (κ2) is 4.28. The van der Waals surface area contributed by atoms with Gasteiger partial charge in [0.05, 0.1) is 6.04 Å². The van der Waals surface area contributed by atoms with E-state index < -0.39 is 0 Å². The van der Waals surface area contributed by atoms with E-state index in [9.17, 15) is 4.79 Å². The van der Waals surface area contributed by atoms with Gasteiger partial charge in [0.15, 0.2) is 0 Å². The fourth-order valence-electron chi connectivity index (χ4n) is 3.12. The van der Waals surface area contributed by atoms with Crippen LogP contribution >= 0.6 is 0 Å². The number of rotatable bonds is 3. The Hall–Kier alpha value is -1.43. The minimum absolute atomic E-state index is 0.0952. The molecular weight excluding hydrogens is 256 g/mol. The van der Waals surface area contributed by atoms with Crippen molar-refractivity contribution in [3.8, 4) is 0 Å². The van der Waals surface area contributed by atoms with Crippen molar-refractivity contribution in [1.82, 2.24) is 20.8 Å². The minimum Gasteiger partial charge on any atom is -0.345 e. The second-order valence-electron chi connectivity index (χ2n) is 6.96. The lowest BCUT2D eigenvalue weighted by molar-refractivity contribution is 0.0930. The predicted octanol–water partition coefficient (Wildman–Crippen LogP) is 1.66. The van der Waals surface area contributed by atoms with Crippen LogP contribution in [0.15, 0.2) is 4.52 Å². The number of aromatic nitrogens is 2. The van der Waals surface area contributed by atoms with E-state index in [0.717, 1.165) is 19.4 Å². The largest absolute Gasteiger partial charge is 0.345 e. The lowest BCUT2D eigenvalue weighted by atomic mass is 10.0. The van der Waals surface area contributed by atoms with E-state index in [0.29, 0.717) is 5.89 Å². The molecule has 6 nitrogen and oxygen atoms in total. The van der Waals surface area contributed by atoms with Gasteiger partial charge in [0.25, 0.3) is 11.7 Å². The fraction of sp³-hybridized carbons (Fsp3) is 0.786. The van der Waals surface area contributed by atoms with E-state index in [-0.39, 0.29) is 34.6 Å². The molecule has 0 bridgehead atoms. The third kappa shape index (κ3) is 1.93. The summed E-state index contributed by atoms with van der Waals surface area (Å²) in [6.07, 6.45) is 2.07. The first kappa shape index (κ1) is 13.5. The number of amides is 1. The average Bonchev–Trinajstić information content (AvgIpc) is 2.92. The summed E-state index contributed by atoms with van der Waals surface area (Å²) in [7, 11) is 0. The Labute approximate surface area is 118 Å². The van der Waals surface area contributed by atoms with Gasteiger partial charge in [-0.3, -0.25) is 4.79 Å². The molecule has 20 heavy (non-hydrogen) atoms. The number of hydrogen-bond donors (Lipinski definition) is 2. The summed E-state index contributed by atoms with van der Waals surface area (Å²) in [6, 6.07) is 0.243. The minimum atomic E-state index is -0.248. The van der Waals surface area contributed by atoms with Crippen molar-refractivity contribution in [3.63, 3.8) is 0 Å². The lowest BCUT2D eigenvalue weighted by Crippen LogP contribution is -2.30. The maximum atomic E-state index is 12.2.